The van der Waals surface area contributed by atoms with E-state index in [1.807, 2.05) is 43.3 Å². The molecule has 1 fully saturated rings. The number of anilines is 1. The summed E-state index contributed by atoms with van der Waals surface area (Å²) in [5.41, 5.74) is 2.37. The molecule has 0 aliphatic carbocycles. The van der Waals surface area contributed by atoms with Crippen LogP contribution in [0, 0.1) is 6.92 Å². The highest BCUT2D eigenvalue weighted by Gasteiger charge is 2.31. The average molecular weight is 476 g/mol. The van der Waals surface area contributed by atoms with Crippen LogP contribution in [0.5, 0.6) is 0 Å². The van der Waals surface area contributed by atoms with Gasteiger partial charge in [0.15, 0.2) is 9.84 Å². The standard InChI is InChI=1S/C22H22ClN3O3S2/c1-15-12-21(26(25-15)19-10-11-31(28,29)14-19)24-22(27)17-4-2-16(3-5-17)13-30-20-8-6-18(23)7-9-20/h2-9,12,19H,10-11,13-14H2,1H3,(H,24,27)/t19-/m0/s1. The van der Waals surface area contributed by atoms with Gasteiger partial charge in [0.25, 0.3) is 5.91 Å². The van der Waals surface area contributed by atoms with Crippen LogP contribution >= 0.6 is 23.4 Å². The van der Waals surface area contributed by atoms with E-state index in [0.717, 1.165) is 21.9 Å². The van der Waals surface area contributed by atoms with Crippen LogP contribution < -0.4 is 5.32 Å². The number of hydrogen-bond donors (Lipinski definition) is 1. The number of nitrogens with one attached hydrogen (secondary N) is 1. The summed E-state index contributed by atoms with van der Waals surface area (Å²) in [7, 11) is -3.05. The van der Waals surface area contributed by atoms with Crippen LogP contribution in [0.4, 0.5) is 5.82 Å². The third-order valence-corrected chi connectivity index (χ3v) is 8.17. The maximum Gasteiger partial charge on any atom is 0.256 e. The van der Waals surface area contributed by atoms with Crippen LogP contribution in [0.15, 0.2) is 59.5 Å². The lowest BCUT2D eigenvalue weighted by Gasteiger charge is -2.14. The average Bonchev–Trinajstić information content (AvgIpc) is 3.29. The topological polar surface area (TPSA) is 81.1 Å². The van der Waals surface area contributed by atoms with Crippen molar-refractivity contribution in [1.82, 2.24) is 9.78 Å². The highest BCUT2D eigenvalue weighted by atomic mass is 35.5. The van der Waals surface area contributed by atoms with Crippen molar-refractivity contribution in [2.45, 2.75) is 30.0 Å². The van der Waals surface area contributed by atoms with Crippen molar-refractivity contribution in [3.05, 3.63) is 76.4 Å². The van der Waals surface area contributed by atoms with Gasteiger partial charge in [0.05, 0.1) is 23.2 Å². The molecule has 6 nitrogen and oxygen atoms in total. The van der Waals surface area contributed by atoms with Gasteiger partial charge in [-0.05, 0) is 55.3 Å². The number of sulfone groups is 1. The Balaban J connectivity index is 1.41. The molecular weight excluding hydrogens is 454 g/mol. The predicted molar refractivity (Wildman–Crippen MR) is 125 cm³/mol. The number of halogens is 1. The third kappa shape index (κ3) is 5.50. The van der Waals surface area contributed by atoms with Gasteiger partial charge in [0.2, 0.25) is 0 Å². The molecule has 1 atom stereocenters. The first-order chi connectivity index (χ1) is 14.8. The molecule has 31 heavy (non-hydrogen) atoms. The van der Waals surface area contributed by atoms with Crippen LogP contribution in [-0.4, -0.2) is 35.6 Å². The minimum atomic E-state index is -3.05. The number of nitrogens with zero attached hydrogens (tertiary/aromatic N) is 2. The fourth-order valence-corrected chi connectivity index (χ4v) is 6.17. The minimum absolute atomic E-state index is 0.0526. The molecule has 1 amide bonds. The summed E-state index contributed by atoms with van der Waals surface area (Å²) in [5, 5.41) is 8.00. The number of hydrogen-bond acceptors (Lipinski definition) is 5. The maximum atomic E-state index is 12.8. The van der Waals surface area contributed by atoms with Crippen LogP contribution in [0.1, 0.15) is 34.1 Å². The first-order valence-electron chi connectivity index (χ1n) is 9.84. The molecule has 1 aliphatic rings. The van der Waals surface area contributed by atoms with E-state index in [1.54, 1.807) is 34.6 Å². The number of thioether (sulfide) groups is 1. The molecule has 0 spiro atoms. The van der Waals surface area contributed by atoms with Crippen LogP contribution in [0.25, 0.3) is 0 Å². The van der Waals surface area contributed by atoms with Crippen molar-refractivity contribution in [2.24, 2.45) is 0 Å². The van der Waals surface area contributed by atoms with Crippen molar-refractivity contribution < 1.29 is 13.2 Å². The van der Waals surface area contributed by atoms with Gasteiger partial charge in [-0.3, -0.25) is 4.79 Å². The molecule has 0 saturated carbocycles. The number of amides is 1. The lowest BCUT2D eigenvalue weighted by Crippen LogP contribution is -2.19. The van der Waals surface area contributed by atoms with Crippen molar-refractivity contribution in [3.8, 4) is 0 Å². The molecule has 9 heteroatoms. The molecule has 1 aliphatic heterocycles. The van der Waals surface area contributed by atoms with E-state index < -0.39 is 9.84 Å². The second kappa shape index (κ2) is 9.06. The van der Waals surface area contributed by atoms with E-state index in [-0.39, 0.29) is 23.5 Å². The van der Waals surface area contributed by atoms with Gasteiger partial charge in [0, 0.05) is 27.3 Å². The van der Waals surface area contributed by atoms with E-state index in [4.69, 9.17) is 11.6 Å². The molecule has 3 aromatic rings. The third-order valence-electron chi connectivity index (χ3n) is 5.09. The van der Waals surface area contributed by atoms with Gasteiger partial charge >= 0.3 is 0 Å². The summed E-state index contributed by atoms with van der Waals surface area (Å²) >= 11 is 7.61. The summed E-state index contributed by atoms with van der Waals surface area (Å²) < 4.78 is 25.3. The molecule has 162 valence electrons. The summed E-state index contributed by atoms with van der Waals surface area (Å²) in [4.78, 5) is 13.9. The number of aromatic nitrogens is 2. The Labute approximate surface area is 190 Å². The number of aryl methyl sites for hydroxylation is 1. The Hall–Kier alpha value is -2.29. The lowest BCUT2D eigenvalue weighted by molar-refractivity contribution is 0.102. The Kier molecular flexibility index (Phi) is 6.41. The lowest BCUT2D eigenvalue weighted by atomic mass is 10.1. The highest BCUT2D eigenvalue weighted by Crippen LogP contribution is 2.28. The van der Waals surface area contributed by atoms with Crippen molar-refractivity contribution in [1.29, 1.82) is 0 Å². The fourth-order valence-electron chi connectivity index (χ4n) is 3.49. The SMILES string of the molecule is Cc1cc(NC(=O)c2ccc(CSc3ccc(Cl)cc3)cc2)n([C@H]2CCS(=O)(=O)C2)n1. The second-order valence-electron chi connectivity index (χ2n) is 7.57. The molecule has 2 heterocycles. The van der Waals surface area contributed by atoms with E-state index in [2.05, 4.69) is 10.4 Å². The molecule has 0 radical (unpaired) electrons. The van der Waals surface area contributed by atoms with E-state index >= 15 is 0 Å². The van der Waals surface area contributed by atoms with Gasteiger partial charge in [0.1, 0.15) is 5.82 Å². The minimum Gasteiger partial charge on any atom is -0.307 e. The molecule has 0 unspecified atom stereocenters. The van der Waals surface area contributed by atoms with Gasteiger partial charge in [-0.2, -0.15) is 5.10 Å². The fraction of sp³-hybridized carbons (Fsp3) is 0.273. The van der Waals surface area contributed by atoms with Crippen LogP contribution in [0.2, 0.25) is 5.02 Å². The molecule has 1 N–H and O–H groups in total. The van der Waals surface area contributed by atoms with E-state index in [1.165, 1.54) is 0 Å². The van der Waals surface area contributed by atoms with Crippen molar-refractivity contribution in [2.75, 3.05) is 16.8 Å². The summed E-state index contributed by atoms with van der Waals surface area (Å²) in [6, 6.07) is 16.7. The predicted octanol–water partition coefficient (Wildman–Crippen LogP) is 4.75. The summed E-state index contributed by atoms with van der Waals surface area (Å²) in [6.45, 7) is 1.82. The molecular formula is C22H22ClN3O3S2. The van der Waals surface area contributed by atoms with Gasteiger partial charge in [-0.25, -0.2) is 13.1 Å². The summed E-state index contributed by atoms with van der Waals surface area (Å²) in [6.07, 6.45) is 0.506. The van der Waals surface area contributed by atoms with E-state index in [0.29, 0.717) is 22.8 Å². The van der Waals surface area contributed by atoms with E-state index in [9.17, 15) is 13.2 Å². The monoisotopic (exact) mass is 475 g/mol. The number of rotatable bonds is 6. The Morgan fingerprint density at radius 1 is 1.19 bits per heavy atom. The zero-order valence-electron chi connectivity index (χ0n) is 16.9. The number of benzene rings is 2. The zero-order chi connectivity index (χ0) is 22.0. The van der Waals surface area contributed by atoms with Crippen LogP contribution in [-0.2, 0) is 15.6 Å². The van der Waals surface area contributed by atoms with Crippen molar-refractivity contribution in [3.63, 3.8) is 0 Å². The molecule has 1 saturated heterocycles. The van der Waals surface area contributed by atoms with Crippen molar-refractivity contribution >= 4 is 44.9 Å². The van der Waals surface area contributed by atoms with Gasteiger partial charge in [-0.15, -0.1) is 11.8 Å². The summed E-state index contributed by atoms with van der Waals surface area (Å²) in [5.74, 6) is 1.26. The normalized spacial score (nSPS) is 17.5. The highest BCUT2D eigenvalue weighted by molar-refractivity contribution is 7.98. The first-order valence-corrected chi connectivity index (χ1v) is 13.0. The number of carbonyl (C=O) groups excluding carboxylic acids is 1. The Morgan fingerprint density at radius 2 is 1.90 bits per heavy atom. The van der Waals surface area contributed by atoms with Crippen LogP contribution in [0.3, 0.4) is 0 Å². The maximum absolute atomic E-state index is 12.8. The first kappa shape index (κ1) is 21.9. The van der Waals surface area contributed by atoms with Gasteiger partial charge < -0.3 is 5.32 Å². The quantitative estimate of drug-likeness (QED) is 0.520. The smallest absolute Gasteiger partial charge is 0.256 e. The number of carbonyl (C=O) groups is 1. The molecule has 2 aromatic carbocycles. The molecule has 4 rings (SSSR count). The zero-order valence-corrected chi connectivity index (χ0v) is 19.3. The Bertz CT molecular complexity index is 1190. The van der Waals surface area contributed by atoms with Gasteiger partial charge in [-0.1, -0.05) is 23.7 Å². The second-order valence-corrected chi connectivity index (χ2v) is 11.3. The molecule has 0 bridgehead atoms. The largest absolute Gasteiger partial charge is 0.307 e. The molecule has 1 aromatic heterocycles. The Morgan fingerprint density at radius 3 is 2.55 bits per heavy atom.